The van der Waals surface area contributed by atoms with E-state index in [9.17, 15) is 4.39 Å². The lowest BCUT2D eigenvalue weighted by Gasteiger charge is -2.18. The Bertz CT molecular complexity index is 311. The summed E-state index contributed by atoms with van der Waals surface area (Å²) in [6.45, 7) is 5.12. The molecule has 1 nitrogen and oxygen atoms in total. The van der Waals surface area contributed by atoms with Crippen LogP contribution >= 0.6 is 0 Å². The molecular formula is C14H22FN. The van der Waals surface area contributed by atoms with Crippen LogP contribution < -0.4 is 5.73 Å². The third-order valence-corrected chi connectivity index (χ3v) is 3.18. The molecule has 0 fully saturated rings. The molecule has 0 aliphatic carbocycles. The van der Waals surface area contributed by atoms with Crippen LogP contribution in [-0.4, -0.2) is 6.54 Å². The fraction of sp³-hybridized carbons (Fsp3) is 0.571. The molecule has 0 aliphatic heterocycles. The lowest BCUT2D eigenvalue weighted by atomic mass is 9.89. The van der Waals surface area contributed by atoms with Crippen LogP contribution in [0.25, 0.3) is 0 Å². The Morgan fingerprint density at radius 3 is 2.69 bits per heavy atom. The highest BCUT2D eigenvalue weighted by molar-refractivity contribution is 5.16. The number of hydrogen-bond donors (Lipinski definition) is 1. The zero-order chi connectivity index (χ0) is 12.0. The summed E-state index contributed by atoms with van der Waals surface area (Å²) in [4.78, 5) is 0. The van der Waals surface area contributed by atoms with E-state index in [1.165, 1.54) is 12.5 Å². The summed E-state index contributed by atoms with van der Waals surface area (Å²) in [6.07, 6.45) is 3.20. The number of benzene rings is 1. The Morgan fingerprint density at radius 1 is 1.38 bits per heavy atom. The van der Waals surface area contributed by atoms with Crippen LogP contribution in [0.3, 0.4) is 0 Å². The molecule has 0 aromatic heterocycles. The van der Waals surface area contributed by atoms with E-state index in [1.54, 1.807) is 12.1 Å². The molecule has 1 aromatic rings. The van der Waals surface area contributed by atoms with Crippen molar-refractivity contribution in [2.45, 2.75) is 33.1 Å². The molecule has 0 aliphatic rings. The number of rotatable bonds is 6. The first-order valence-corrected chi connectivity index (χ1v) is 6.10. The van der Waals surface area contributed by atoms with E-state index < -0.39 is 0 Å². The third-order valence-electron chi connectivity index (χ3n) is 3.18. The van der Waals surface area contributed by atoms with Gasteiger partial charge in [-0.15, -0.1) is 0 Å². The molecule has 1 aromatic carbocycles. The molecule has 0 saturated heterocycles. The largest absolute Gasteiger partial charge is 0.330 e. The van der Waals surface area contributed by atoms with Crippen LogP contribution in [0.4, 0.5) is 4.39 Å². The van der Waals surface area contributed by atoms with Crippen LogP contribution in [0.2, 0.25) is 0 Å². The second-order valence-corrected chi connectivity index (χ2v) is 4.68. The number of hydrogen-bond acceptors (Lipinski definition) is 1. The minimum absolute atomic E-state index is 0.156. The predicted octanol–water partition coefficient (Wildman–Crippen LogP) is 3.38. The molecular weight excluding hydrogens is 201 g/mol. The molecule has 16 heavy (non-hydrogen) atoms. The quantitative estimate of drug-likeness (QED) is 0.786. The van der Waals surface area contributed by atoms with Crippen molar-refractivity contribution in [3.8, 4) is 0 Å². The van der Waals surface area contributed by atoms with Crippen molar-refractivity contribution in [2.24, 2.45) is 17.6 Å². The smallest absolute Gasteiger partial charge is 0.123 e. The Balaban J connectivity index is 2.56. The highest BCUT2D eigenvalue weighted by atomic mass is 19.1. The van der Waals surface area contributed by atoms with E-state index in [-0.39, 0.29) is 5.82 Å². The lowest BCUT2D eigenvalue weighted by Crippen LogP contribution is -2.19. The molecule has 2 atom stereocenters. The van der Waals surface area contributed by atoms with Gasteiger partial charge < -0.3 is 5.73 Å². The molecule has 2 unspecified atom stereocenters. The van der Waals surface area contributed by atoms with Gasteiger partial charge in [-0.05, 0) is 48.9 Å². The lowest BCUT2D eigenvalue weighted by molar-refractivity contribution is 0.386. The Hall–Kier alpha value is -0.890. The maximum atomic E-state index is 13.0. The average molecular weight is 223 g/mol. The fourth-order valence-electron chi connectivity index (χ4n) is 2.00. The zero-order valence-electron chi connectivity index (χ0n) is 10.2. The Kier molecular flexibility index (Phi) is 5.47. The average Bonchev–Trinajstić information content (AvgIpc) is 2.28. The fourth-order valence-corrected chi connectivity index (χ4v) is 2.00. The normalized spacial score (nSPS) is 14.8. The minimum Gasteiger partial charge on any atom is -0.330 e. The van der Waals surface area contributed by atoms with Crippen molar-refractivity contribution in [3.05, 3.63) is 35.6 Å². The van der Waals surface area contributed by atoms with E-state index in [4.69, 9.17) is 5.73 Å². The van der Waals surface area contributed by atoms with Gasteiger partial charge in [-0.25, -0.2) is 4.39 Å². The van der Waals surface area contributed by atoms with Crippen LogP contribution in [0.5, 0.6) is 0 Å². The molecule has 0 spiro atoms. The van der Waals surface area contributed by atoms with Crippen molar-refractivity contribution >= 4 is 0 Å². The molecule has 0 bridgehead atoms. The number of nitrogens with two attached hydrogens (primary N) is 1. The first-order valence-electron chi connectivity index (χ1n) is 6.10. The van der Waals surface area contributed by atoms with Gasteiger partial charge in [0, 0.05) is 0 Å². The summed E-state index contributed by atoms with van der Waals surface area (Å²) in [6, 6.07) is 6.83. The summed E-state index contributed by atoms with van der Waals surface area (Å²) >= 11 is 0. The summed E-state index contributed by atoms with van der Waals surface area (Å²) < 4.78 is 13.0. The van der Waals surface area contributed by atoms with E-state index in [0.717, 1.165) is 18.4 Å². The first kappa shape index (κ1) is 13.2. The van der Waals surface area contributed by atoms with E-state index in [0.29, 0.717) is 18.4 Å². The molecule has 0 heterocycles. The Labute approximate surface area is 97.9 Å². The molecule has 0 saturated carbocycles. The minimum atomic E-state index is -0.156. The standard InChI is InChI=1S/C14H22FN/c1-3-11(2)7-13(10-16)8-12-5-4-6-14(15)9-12/h4-6,9,11,13H,3,7-8,10,16H2,1-2H3. The maximum absolute atomic E-state index is 13.0. The van der Waals surface area contributed by atoms with Crippen LogP contribution in [0.15, 0.2) is 24.3 Å². The molecule has 0 amide bonds. The molecule has 2 heteroatoms. The van der Waals surface area contributed by atoms with Gasteiger partial charge in [-0.2, -0.15) is 0 Å². The van der Waals surface area contributed by atoms with Gasteiger partial charge in [0.1, 0.15) is 5.82 Å². The van der Waals surface area contributed by atoms with Gasteiger partial charge in [-0.1, -0.05) is 32.4 Å². The van der Waals surface area contributed by atoms with Gasteiger partial charge in [0.15, 0.2) is 0 Å². The van der Waals surface area contributed by atoms with Gasteiger partial charge in [0.25, 0.3) is 0 Å². The Morgan fingerprint density at radius 2 is 2.12 bits per heavy atom. The summed E-state index contributed by atoms with van der Waals surface area (Å²) in [5, 5.41) is 0. The van der Waals surface area contributed by atoms with Crippen molar-refractivity contribution < 1.29 is 4.39 Å². The van der Waals surface area contributed by atoms with Crippen molar-refractivity contribution in [1.29, 1.82) is 0 Å². The zero-order valence-corrected chi connectivity index (χ0v) is 10.2. The van der Waals surface area contributed by atoms with Crippen LogP contribution in [-0.2, 0) is 6.42 Å². The van der Waals surface area contributed by atoms with E-state index in [2.05, 4.69) is 13.8 Å². The maximum Gasteiger partial charge on any atom is 0.123 e. The van der Waals surface area contributed by atoms with Crippen LogP contribution in [0, 0.1) is 17.7 Å². The van der Waals surface area contributed by atoms with Crippen molar-refractivity contribution in [1.82, 2.24) is 0 Å². The monoisotopic (exact) mass is 223 g/mol. The second kappa shape index (κ2) is 6.64. The summed E-state index contributed by atoms with van der Waals surface area (Å²) in [7, 11) is 0. The second-order valence-electron chi connectivity index (χ2n) is 4.68. The summed E-state index contributed by atoms with van der Waals surface area (Å²) in [5.74, 6) is 1.01. The van der Waals surface area contributed by atoms with Gasteiger partial charge in [0.05, 0.1) is 0 Å². The molecule has 2 N–H and O–H groups in total. The summed E-state index contributed by atoms with van der Waals surface area (Å²) in [5.41, 5.74) is 6.82. The molecule has 0 radical (unpaired) electrons. The SMILES string of the molecule is CCC(C)CC(CN)Cc1cccc(F)c1. The third kappa shape index (κ3) is 4.31. The van der Waals surface area contributed by atoms with Crippen molar-refractivity contribution in [3.63, 3.8) is 0 Å². The van der Waals surface area contributed by atoms with Crippen molar-refractivity contribution in [2.75, 3.05) is 6.54 Å². The van der Waals surface area contributed by atoms with Gasteiger partial charge in [0.2, 0.25) is 0 Å². The topological polar surface area (TPSA) is 26.0 Å². The highest BCUT2D eigenvalue weighted by Gasteiger charge is 2.11. The molecule has 1 rings (SSSR count). The highest BCUT2D eigenvalue weighted by Crippen LogP contribution is 2.19. The predicted molar refractivity (Wildman–Crippen MR) is 66.7 cm³/mol. The first-order chi connectivity index (χ1) is 7.65. The van der Waals surface area contributed by atoms with E-state index >= 15 is 0 Å². The van der Waals surface area contributed by atoms with Crippen LogP contribution in [0.1, 0.15) is 32.3 Å². The number of halogens is 1. The van der Waals surface area contributed by atoms with Gasteiger partial charge in [-0.3, -0.25) is 0 Å². The molecule has 90 valence electrons. The van der Waals surface area contributed by atoms with Gasteiger partial charge >= 0.3 is 0 Å². The van der Waals surface area contributed by atoms with E-state index in [1.807, 2.05) is 6.07 Å².